The molecule has 0 N–H and O–H groups in total. The van der Waals surface area contributed by atoms with Gasteiger partial charge in [0.2, 0.25) is 0 Å². The molecule has 0 heterocycles. The number of hydrogen-bond acceptors (Lipinski definition) is 1. The average Bonchev–Trinajstić information content (AvgIpc) is 2.17. The third-order valence-corrected chi connectivity index (χ3v) is 2.74. The Morgan fingerprint density at radius 2 is 2.00 bits per heavy atom. The van der Waals surface area contributed by atoms with Gasteiger partial charge in [0.05, 0.1) is 6.26 Å². The van der Waals surface area contributed by atoms with Crippen LogP contribution in [0, 0.1) is 0 Å². The average molecular weight is 180 g/mol. The second-order valence-corrected chi connectivity index (χ2v) is 3.82. The van der Waals surface area contributed by atoms with Crippen LogP contribution in [0.25, 0.3) is 0 Å². The molecule has 1 aliphatic carbocycles. The van der Waals surface area contributed by atoms with E-state index in [9.17, 15) is 0 Å². The van der Waals surface area contributed by atoms with Gasteiger partial charge in [0, 0.05) is 6.42 Å². The molecule has 0 aromatic heterocycles. The molecule has 1 rings (SSSR count). The smallest absolute Gasteiger partial charge is 0.112 e. The maximum Gasteiger partial charge on any atom is 0.112 e. The van der Waals surface area contributed by atoms with Crippen LogP contribution in [0.5, 0.6) is 0 Å². The van der Waals surface area contributed by atoms with Gasteiger partial charge in [-0.1, -0.05) is 18.6 Å². The summed E-state index contributed by atoms with van der Waals surface area (Å²) in [4.78, 5) is 0. The number of hydrogen-bond donors (Lipinski definition) is 0. The van der Waals surface area contributed by atoms with Crippen LogP contribution in [0.4, 0.5) is 0 Å². The van der Waals surface area contributed by atoms with Crippen molar-refractivity contribution in [2.45, 2.75) is 51.0 Å². The summed E-state index contributed by atoms with van der Waals surface area (Å²) in [5.74, 6) is 0. The minimum atomic E-state index is 0.0759. The lowest BCUT2D eigenvalue weighted by Gasteiger charge is -2.35. The molecule has 0 bridgehead atoms. The van der Waals surface area contributed by atoms with Crippen molar-refractivity contribution < 1.29 is 4.74 Å². The third kappa shape index (κ3) is 2.91. The Morgan fingerprint density at radius 3 is 2.54 bits per heavy atom. The van der Waals surface area contributed by atoms with Crippen molar-refractivity contribution in [3.8, 4) is 0 Å². The number of ether oxygens (including phenoxy) is 1. The van der Waals surface area contributed by atoms with Crippen LogP contribution in [-0.2, 0) is 4.74 Å². The molecule has 0 radical (unpaired) electrons. The van der Waals surface area contributed by atoms with E-state index in [4.69, 9.17) is 4.74 Å². The van der Waals surface area contributed by atoms with E-state index in [0.717, 1.165) is 6.42 Å². The highest BCUT2D eigenvalue weighted by atomic mass is 16.5. The molecule has 1 heteroatoms. The zero-order chi connectivity index (χ0) is 9.57. The third-order valence-electron chi connectivity index (χ3n) is 2.74. The molecule has 13 heavy (non-hydrogen) atoms. The van der Waals surface area contributed by atoms with Gasteiger partial charge in [-0.15, -0.1) is 6.58 Å². The largest absolute Gasteiger partial charge is 0.495 e. The minimum Gasteiger partial charge on any atom is -0.495 e. The van der Waals surface area contributed by atoms with Crippen LogP contribution < -0.4 is 0 Å². The number of allylic oxidation sites excluding steroid dienone is 1. The van der Waals surface area contributed by atoms with Gasteiger partial charge < -0.3 is 4.74 Å². The molecule has 0 aromatic rings. The molecule has 74 valence electrons. The quantitative estimate of drug-likeness (QED) is 0.472. The number of rotatable bonds is 4. The fourth-order valence-electron chi connectivity index (χ4n) is 2.04. The molecule has 0 aromatic carbocycles. The maximum absolute atomic E-state index is 5.81. The molecular weight excluding hydrogens is 160 g/mol. The first kappa shape index (κ1) is 10.4. The summed E-state index contributed by atoms with van der Waals surface area (Å²) >= 11 is 0. The van der Waals surface area contributed by atoms with E-state index in [1.54, 1.807) is 0 Å². The summed E-state index contributed by atoms with van der Waals surface area (Å²) in [5.41, 5.74) is 0.0759. The normalized spacial score (nSPS) is 21.6. The summed E-state index contributed by atoms with van der Waals surface area (Å²) < 4.78 is 5.81. The Morgan fingerprint density at radius 1 is 1.31 bits per heavy atom. The summed E-state index contributed by atoms with van der Waals surface area (Å²) in [6, 6.07) is 0. The first-order valence-corrected chi connectivity index (χ1v) is 5.23. The second-order valence-electron chi connectivity index (χ2n) is 3.82. The van der Waals surface area contributed by atoms with Crippen LogP contribution in [0.15, 0.2) is 25.0 Å². The van der Waals surface area contributed by atoms with Crippen molar-refractivity contribution in [3.05, 3.63) is 25.0 Å². The van der Waals surface area contributed by atoms with Crippen molar-refractivity contribution in [3.63, 3.8) is 0 Å². The molecule has 0 saturated heterocycles. The summed E-state index contributed by atoms with van der Waals surface area (Å²) in [6.07, 6.45) is 13.1. The molecule has 0 aliphatic heterocycles. The lowest BCUT2D eigenvalue weighted by Crippen LogP contribution is -2.32. The van der Waals surface area contributed by atoms with E-state index < -0.39 is 0 Å². The Kier molecular flexibility index (Phi) is 4.07. The SMILES string of the molecule is C=CCC1(O/C=C/C)CCCCC1. The molecule has 0 unspecified atom stereocenters. The van der Waals surface area contributed by atoms with Gasteiger partial charge in [-0.25, -0.2) is 0 Å². The summed E-state index contributed by atoms with van der Waals surface area (Å²) in [5, 5.41) is 0. The Hall–Kier alpha value is -0.720. The van der Waals surface area contributed by atoms with E-state index in [0.29, 0.717) is 0 Å². The molecule has 1 nitrogen and oxygen atoms in total. The van der Waals surface area contributed by atoms with Crippen molar-refractivity contribution >= 4 is 0 Å². The van der Waals surface area contributed by atoms with Gasteiger partial charge >= 0.3 is 0 Å². The van der Waals surface area contributed by atoms with Crippen molar-refractivity contribution in [2.75, 3.05) is 0 Å². The first-order chi connectivity index (χ1) is 6.33. The molecule has 1 aliphatic rings. The molecular formula is C12H20O. The van der Waals surface area contributed by atoms with Crippen LogP contribution >= 0.6 is 0 Å². The van der Waals surface area contributed by atoms with E-state index in [1.807, 2.05) is 25.3 Å². The van der Waals surface area contributed by atoms with Gasteiger partial charge in [0.25, 0.3) is 0 Å². The fraction of sp³-hybridized carbons (Fsp3) is 0.667. The predicted molar refractivity (Wildman–Crippen MR) is 56.5 cm³/mol. The second kappa shape index (κ2) is 5.11. The van der Waals surface area contributed by atoms with Gasteiger partial charge in [-0.2, -0.15) is 0 Å². The van der Waals surface area contributed by atoms with Crippen molar-refractivity contribution in [2.24, 2.45) is 0 Å². The maximum atomic E-state index is 5.81. The summed E-state index contributed by atoms with van der Waals surface area (Å²) in [7, 11) is 0. The topological polar surface area (TPSA) is 9.23 Å². The zero-order valence-electron chi connectivity index (χ0n) is 8.59. The van der Waals surface area contributed by atoms with Crippen LogP contribution in [0.2, 0.25) is 0 Å². The standard InChI is InChI=1S/C12H20O/c1-3-8-12(13-11-4-2)9-6-5-7-10-12/h3-4,11H,1,5-10H2,2H3/b11-4+. The molecule has 0 atom stereocenters. The molecule has 1 fully saturated rings. The van der Waals surface area contributed by atoms with Gasteiger partial charge in [0.15, 0.2) is 0 Å². The zero-order valence-corrected chi connectivity index (χ0v) is 8.59. The molecule has 1 saturated carbocycles. The Balaban J connectivity index is 2.54. The first-order valence-electron chi connectivity index (χ1n) is 5.23. The lowest BCUT2D eigenvalue weighted by atomic mass is 9.82. The molecule has 0 spiro atoms. The monoisotopic (exact) mass is 180 g/mol. The Labute approximate surface area is 81.5 Å². The van der Waals surface area contributed by atoms with Crippen LogP contribution in [-0.4, -0.2) is 5.60 Å². The van der Waals surface area contributed by atoms with E-state index in [1.165, 1.54) is 32.1 Å². The lowest BCUT2D eigenvalue weighted by molar-refractivity contribution is -0.00863. The van der Waals surface area contributed by atoms with E-state index in [2.05, 4.69) is 6.58 Å². The highest BCUT2D eigenvalue weighted by molar-refractivity contribution is 4.92. The highest BCUT2D eigenvalue weighted by Crippen LogP contribution is 2.34. The van der Waals surface area contributed by atoms with Crippen molar-refractivity contribution in [1.29, 1.82) is 0 Å². The minimum absolute atomic E-state index is 0.0759. The predicted octanol–water partition coefficient (Wildman–Crippen LogP) is 3.82. The van der Waals surface area contributed by atoms with Gasteiger partial charge in [0.1, 0.15) is 5.60 Å². The van der Waals surface area contributed by atoms with Crippen LogP contribution in [0.3, 0.4) is 0 Å². The fourth-order valence-corrected chi connectivity index (χ4v) is 2.04. The van der Waals surface area contributed by atoms with Crippen molar-refractivity contribution in [1.82, 2.24) is 0 Å². The molecule has 0 amide bonds. The van der Waals surface area contributed by atoms with Crippen LogP contribution in [0.1, 0.15) is 45.4 Å². The Bertz CT molecular complexity index is 176. The summed E-state index contributed by atoms with van der Waals surface area (Å²) in [6.45, 7) is 5.79. The van der Waals surface area contributed by atoms with Gasteiger partial charge in [-0.3, -0.25) is 0 Å². The highest BCUT2D eigenvalue weighted by Gasteiger charge is 2.31. The van der Waals surface area contributed by atoms with E-state index >= 15 is 0 Å². The van der Waals surface area contributed by atoms with E-state index in [-0.39, 0.29) is 5.60 Å². The van der Waals surface area contributed by atoms with Gasteiger partial charge in [-0.05, 0) is 32.6 Å².